The van der Waals surface area contributed by atoms with E-state index in [1.165, 1.54) is 0 Å². The third-order valence-electron chi connectivity index (χ3n) is 1.52. The first-order valence-electron chi connectivity index (χ1n) is 4.37. The molecular weight excluding hydrogens is 174 g/mol. The van der Waals surface area contributed by atoms with E-state index in [1.807, 2.05) is 30.3 Å². The van der Waals surface area contributed by atoms with Crippen LogP contribution >= 0.6 is 0 Å². The van der Waals surface area contributed by atoms with Crippen LogP contribution in [0, 0.1) is 0 Å². The summed E-state index contributed by atoms with van der Waals surface area (Å²) in [6.45, 7) is 0.577. The molecule has 2 rings (SSSR count). The molecule has 0 saturated carbocycles. The first kappa shape index (κ1) is 10.3. The minimum absolute atomic E-state index is 0.577. The molecule has 3 heteroatoms. The van der Waals surface area contributed by atoms with Crippen LogP contribution in [-0.4, -0.2) is 9.97 Å². The van der Waals surface area contributed by atoms with Crippen molar-refractivity contribution in [2.75, 3.05) is 0 Å². The van der Waals surface area contributed by atoms with Crippen LogP contribution in [0.4, 0.5) is 0 Å². The lowest BCUT2D eigenvalue weighted by atomic mass is 10.3. The Morgan fingerprint density at radius 3 is 1.93 bits per heavy atom. The number of pyridine rings is 2. The lowest BCUT2D eigenvalue weighted by molar-refractivity contribution is 1.05. The molecule has 14 heavy (non-hydrogen) atoms. The highest BCUT2D eigenvalue weighted by Gasteiger charge is 1.81. The molecule has 72 valence electrons. The summed E-state index contributed by atoms with van der Waals surface area (Å²) in [5.74, 6) is 0. The minimum Gasteiger partial charge on any atom is -0.326 e. The number of hydrogen-bond acceptors (Lipinski definition) is 3. The quantitative estimate of drug-likeness (QED) is 0.738. The van der Waals surface area contributed by atoms with E-state index in [-0.39, 0.29) is 0 Å². The molecule has 0 aliphatic heterocycles. The molecule has 0 atom stereocenters. The minimum atomic E-state index is 0.577. The first-order chi connectivity index (χ1) is 6.93. The zero-order valence-electron chi connectivity index (χ0n) is 7.88. The van der Waals surface area contributed by atoms with Crippen LogP contribution in [0.25, 0.3) is 0 Å². The van der Waals surface area contributed by atoms with Crippen LogP contribution in [0.5, 0.6) is 0 Å². The van der Waals surface area contributed by atoms with Gasteiger partial charge in [-0.1, -0.05) is 12.1 Å². The molecule has 2 aromatic heterocycles. The SMILES string of the molecule is NCc1cccnc1.c1ccncc1. The summed E-state index contributed by atoms with van der Waals surface area (Å²) < 4.78 is 0. The van der Waals surface area contributed by atoms with E-state index >= 15 is 0 Å². The van der Waals surface area contributed by atoms with E-state index in [2.05, 4.69) is 9.97 Å². The average molecular weight is 187 g/mol. The Kier molecular flexibility index (Phi) is 4.98. The lowest BCUT2D eigenvalue weighted by Gasteiger charge is -1.89. The van der Waals surface area contributed by atoms with Gasteiger partial charge in [0.1, 0.15) is 0 Å². The highest BCUT2D eigenvalue weighted by atomic mass is 14.6. The van der Waals surface area contributed by atoms with Crippen LogP contribution in [0.3, 0.4) is 0 Å². The molecule has 0 amide bonds. The summed E-state index contributed by atoms with van der Waals surface area (Å²) in [4.78, 5) is 7.66. The number of nitrogens with zero attached hydrogens (tertiary/aromatic N) is 2. The van der Waals surface area contributed by atoms with Gasteiger partial charge in [0, 0.05) is 31.3 Å². The van der Waals surface area contributed by atoms with Crippen molar-refractivity contribution in [2.24, 2.45) is 5.73 Å². The van der Waals surface area contributed by atoms with Gasteiger partial charge in [0.2, 0.25) is 0 Å². The van der Waals surface area contributed by atoms with Crippen molar-refractivity contribution in [3.05, 3.63) is 60.7 Å². The third-order valence-corrected chi connectivity index (χ3v) is 1.52. The van der Waals surface area contributed by atoms with E-state index in [0.29, 0.717) is 6.54 Å². The molecule has 2 N–H and O–H groups in total. The Morgan fingerprint density at radius 1 is 0.929 bits per heavy atom. The van der Waals surface area contributed by atoms with Crippen LogP contribution < -0.4 is 5.73 Å². The second kappa shape index (κ2) is 6.74. The Balaban J connectivity index is 0.000000146. The van der Waals surface area contributed by atoms with Crippen molar-refractivity contribution >= 4 is 0 Å². The molecule has 0 aliphatic carbocycles. The zero-order chi connectivity index (χ0) is 10.1. The second-order valence-corrected chi connectivity index (χ2v) is 2.59. The summed E-state index contributed by atoms with van der Waals surface area (Å²) in [5, 5.41) is 0. The van der Waals surface area contributed by atoms with Crippen molar-refractivity contribution in [3.8, 4) is 0 Å². The molecule has 0 fully saturated rings. The third kappa shape index (κ3) is 4.33. The average Bonchev–Trinajstić information content (AvgIpc) is 2.33. The predicted molar refractivity (Wildman–Crippen MR) is 56.4 cm³/mol. The highest BCUT2D eigenvalue weighted by molar-refractivity contribution is 5.06. The number of nitrogens with two attached hydrogens (primary N) is 1. The number of rotatable bonds is 1. The second-order valence-electron chi connectivity index (χ2n) is 2.59. The van der Waals surface area contributed by atoms with Gasteiger partial charge in [-0.05, 0) is 23.8 Å². The number of aromatic nitrogens is 2. The van der Waals surface area contributed by atoms with Gasteiger partial charge >= 0.3 is 0 Å². The topological polar surface area (TPSA) is 51.8 Å². The van der Waals surface area contributed by atoms with E-state index < -0.39 is 0 Å². The van der Waals surface area contributed by atoms with E-state index in [1.54, 1.807) is 24.8 Å². The molecule has 0 aromatic carbocycles. The van der Waals surface area contributed by atoms with Gasteiger partial charge in [-0.15, -0.1) is 0 Å². The Bertz CT molecular complexity index is 294. The first-order valence-corrected chi connectivity index (χ1v) is 4.37. The summed E-state index contributed by atoms with van der Waals surface area (Å²) in [6.07, 6.45) is 7.00. The molecule has 2 heterocycles. The van der Waals surface area contributed by atoms with Gasteiger partial charge < -0.3 is 5.73 Å². The Labute approximate surface area is 83.6 Å². The maximum absolute atomic E-state index is 5.31. The molecule has 0 saturated heterocycles. The fourth-order valence-electron chi connectivity index (χ4n) is 0.831. The van der Waals surface area contributed by atoms with Gasteiger partial charge in [0.25, 0.3) is 0 Å². The van der Waals surface area contributed by atoms with E-state index in [9.17, 15) is 0 Å². The van der Waals surface area contributed by atoms with Crippen molar-refractivity contribution in [1.29, 1.82) is 0 Å². The summed E-state index contributed by atoms with van der Waals surface area (Å²) in [5.41, 5.74) is 6.39. The summed E-state index contributed by atoms with van der Waals surface area (Å²) in [6, 6.07) is 9.54. The fraction of sp³-hybridized carbons (Fsp3) is 0.0909. The number of hydrogen-bond donors (Lipinski definition) is 1. The Hall–Kier alpha value is -1.74. The summed E-state index contributed by atoms with van der Waals surface area (Å²) in [7, 11) is 0. The van der Waals surface area contributed by atoms with Crippen molar-refractivity contribution < 1.29 is 0 Å². The van der Waals surface area contributed by atoms with Crippen molar-refractivity contribution in [2.45, 2.75) is 6.54 Å². The monoisotopic (exact) mass is 187 g/mol. The predicted octanol–water partition coefficient (Wildman–Crippen LogP) is 1.62. The molecule has 0 spiro atoms. The van der Waals surface area contributed by atoms with E-state index in [4.69, 9.17) is 5.73 Å². The van der Waals surface area contributed by atoms with Gasteiger partial charge in [-0.3, -0.25) is 9.97 Å². The smallest absolute Gasteiger partial charge is 0.0312 e. The van der Waals surface area contributed by atoms with Gasteiger partial charge in [0.05, 0.1) is 0 Å². The maximum atomic E-state index is 5.31. The maximum Gasteiger partial charge on any atom is 0.0312 e. The molecule has 2 aromatic rings. The molecule has 0 unspecified atom stereocenters. The molecule has 0 bridgehead atoms. The van der Waals surface area contributed by atoms with Crippen LogP contribution in [-0.2, 0) is 6.54 Å². The molecule has 0 aliphatic rings. The largest absolute Gasteiger partial charge is 0.326 e. The van der Waals surface area contributed by atoms with Crippen molar-refractivity contribution in [3.63, 3.8) is 0 Å². The lowest BCUT2D eigenvalue weighted by Crippen LogP contribution is -1.95. The molecular formula is C11H13N3. The summed E-state index contributed by atoms with van der Waals surface area (Å²) >= 11 is 0. The normalized spacial score (nSPS) is 8.64. The van der Waals surface area contributed by atoms with Gasteiger partial charge in [-0.2, -0.15) is 0 Å². The highest BCUT2D eigenvalue weighted by Crippen LogP contribution is 1.90. The molecule has 3 nitrogen and oxygen atoms in total. The van der Waals surface area contributed by atoms with Crippen LogP contribution in [0.2, 0.25) is 0 Å². The van der Waals surface area contributed by atoms with Crippen molar-refractivity contribution in [1.82, 2.24) is 9.97 Å². The van der Waals surface area contributed by atoms with E-state index in [0.717, 1.165) is 5.56 Å². The Morgan fingerprint density at radius 2 is 1.64 bits per heavy atom. The van der Waals surface area contributed by atoms with Crippen LogP contribution in [0.1, 0.15) is 5.56 Å². The van der Waals surface area contributed by atoms with Gasteiger partial charge in [-0.25, -0.2) is 0 Å². The van der Waals surface area contributed by atoms with Gasteiger partial charge in [0.15, 0.2) is 0 Å². The van der Waals surface area contributed by atoms with Crippen LogP contribution in [0.15, 0.2) is 55.1 Å². The fourth-order valence-corrected chi connectivity index (χ4v) is 0.831. The molecule has 0 radical (unpaired) electrons. The zero-order valence-corrected chi connectivity index (χ0v) is 7.88. The standard InChI is InChI=1S/C6H8N2.C5H5N/c7-4-6-2-1-3-8-5-6;1-2-4-6-5-3-1/h1-3,5H,4,7H2;1-5H.